The number of hydrogen-bond acceptors (Lipinski definition) is 4. The van der Waals surface area contributed by atoms with E-state index in [0.29, 0.717) is 23.6 Å². The van der Waals surface area contributed by atoms with Gasteiger partial charge in [0.1, 0.15) is 6.04 Å². The van der Waals surface area contributed by atoms with Crippen molar-refractivity contribution in [3.05, 3.63) is 111 Å². The molecule has 0 heterocycles. The van der Waals surface area contributed by atoms with E-state index < -0.39 is 11.0 Å². The average Bonchev–Trinajstić information content (AvgIpc) is 2.86. The Morgan fingerprint density at radius 1 is 0.971 bits per heavy atom. The van der Waals surface area contributed by atoms with Gasteiger partial charge in [0.15, 0.2) is 0 Å². The van der Waals surface area contributed by atoms with Crippen LogP contribution in [0.1, 0.15) is 30.0 Å². The van der Waals surface area contributed by atoms with Gasteiger partial charge in [0, 0.05) is 36.2 Å². The zero-order chi connectivity index (χ0) is 25.2. The zero-order valence-corrected chi connectivity index (χ0v) is 20.3. The normalized spacial score (nSPS) is 11.5. The molecule has 0 saturated heterocycles. The first-order chi connectivity index (χ1) is 16.9. The highest BCUT2D eigenvalue weighted by Crippen LogP contribution is 2.22. The molecule has 0 fully saturated rings. The van der Waals surface area contributed by atoms with Crippen molar-refractivity contribution in [2.45, 2.75) is 38.8 Å². The molecule has 0 radical (unpaired) electrons. The summed E-state index contributed by atoms with van der Waals surface area (Å²) < 4.78 is 0. The van der Waals surface area contributed by atoms with Crippen LogP contribution in [0.5, 0.6) is 0 Å². The van der Waals surface area contributed by atoms with Gasteiger partial charge in [-0.1, -0.05) is 79.2 Å². The molecule has 182 valence electrons. The standard InChI is InChI=1S/C27H28ClN3O4/c1-2-16-29-27(33)25(17-20-8-4-3-5-9-20)30(19-21-12-14-23(28)15-13-21)26(32)18-22-10-6-7-11-24(22)31(34)35/h3-15,25H,2,16-19H2,1H3,(H,29,33)/t25-/m1/s1. The van der Waals surface area contributed by atoms with Crippen LogP contribution >= 0.6 is 11.6 Å². The van der Waals surface area contributed by atoms with Crippen molar-refractivity contribution in [3.63, 3.8) is 0 Å². The Kier molecular flexibility index (Phi) is 9.38. The molecule has 0 spiro atoms. The molecule has 8 heteroatoms. The second-order valence-electron chi connectivity index (χ2n) is 8.21. The third-order valence-corrected chi connectivity index (χ3v) is 5.87. The summed E-state index contributed by atoms with van der Waals surface area (Å²) in [7, 11) is 0. The first-order valence-corrected chi connectivity index (χ1v) is 11.8. The molecule has 3 rings (SSSR count). The highest BCUT2D eigenvalue weighted by molar-refractivity contribution is 6.30. The maximum atomic E-state index is 13.7. The van der Waals surface area contributed by atoms with Crippen molar-refractivity contribution < 1.29 is 14.5 Å². The minimum absolute atomic E-state index is 0.123. The van der Waals surface area contributed by atoms with E-state index in [1.165, 1.54) is 11.0 Å². The molecule has 7 nitrogen and oxygen atoms in total. The minimum atomic E-state index is -0.796. The van der Waals surface area contributed by atoms with Gasteiger partial charge in [-0.2, -0.15) is 0 Å². The Bertz CT molecular complexity index is 1150. The van der Waals surface area contributed by atoms with Crippen LogP contribution in [0.2, 0.25) is 5.02 Å². The summed E-state index contributed by atoms with van der Waals surface area (Å²) in [5, 5.41) is 15.0. The molecule has 3 aromatic rings. The average molecular weight is 494 g/mol. The van der Waals surface area contributed by atoms with E-state index in [-0.39, 0.29) is 30.5 Å². The Labute approximate surface area is 209 Å². The molecule has 3 aromatic carbocycles. The third kappa shape index (κ3) is 7.39. The second kappa shape index (κ2) is 12.7. The highest BCUT2D eigenvalue weighted by Gasteiger charge is 2.31. The number of rotatable bonds is 11. The van der Waals surface area contributed by atoms with Crippen molar-refractivity contribution in [1.82, 2.24) is 10.2 Å². The van der Waals surface area contributed by atoms with Crippen LogP contribution in [0.4, 0.5) is 5.69 Å². The Morgan fingerprint density at radius 3 is 2.29 bits per heavy atom. The number of carbonyl (C=O) groups excluding carboxylic acids is 2. The summed E-state index contributed by atoms with van der Waals surface area (Å²) in [4.78, 5) is 39.5. The number of nitro groups is 1. The first-order valence-electron chi connectivity index (χ1n) is 11.5. The molecular weight excluding hydrogens is 466 g/mol. The van der Waals surface area contributed by atoms with Crippen molar-refractivity contribution >= 4 is 29.1 Å². The lowest BCUT2D eigenvalue weighted by Crippen LogP contribution is -2.51. The molecule has 35 heavy (non-hydrogen) atoms. The Morgan fingerprint density at radius 2 is 1.63 bits per heavy atom. The van der Waals surface area contributed by atoms with E-state index >= 15 is 0 Å². The lowest BCUT2D eigenvalue weighted by Gasteiger charge is -2.31. The molecular formula is C27H28ClN3O4. The fourth-order valence-electron chi connectivity index (χ4n) is 3.81. The smallest absolute Gasteiger partial charge is 0.273 e. The second-order valence-corrected chi connectivity index (χ2v) is 8.64. The summed E-state index contributed by atoms with van der Waals surface area (Å²) in [6.07, 6.45) is 0.870. The molecule has 2 amide bonds. The molecule has 1 N–H and O–H groups in total. The van der Waals surface area contributed by atoms with Crippen molar-refractivity contribution in [2.24, 2.45) is 0 Å². The number of nitro benzene ring substituents is 1. The predicted molar refractivity (Wildman–Crippen MR) is 136 cm³/mol. The van der Waals surface area contributed by atoms with Gasteiger partial charge in [0.2, 0.25) is 11.8 Å². The highest BCUT2D eigenvalue weighted by atomic mass is 35.5. The van der Waals surface area contributed by atoms with E-state index in [1.54, 1.807) is 42.5 Å². The number of carbonyl (C=O) groups is 2. The third-order valence-electron chi connectivity index (χ3n) is 5.62. The molecule has 0 aliphatic rings. The van der Waals surface area contributed by atoms with Crippen LogP contribution in [0.15, 0.2) is 78.9 Å². The molecule has 1 atom stereocenters. The molecule has 0 bridgehead atoms. The van der Waals surface area contributed by atoms with Gasteiger partial charge in [-0.3, -0.25) is 19.7 Å². The largest absolute Gasteiger partial charge is 0.354 e. The van der Waals surface area contributed by atoms with Gasteiger partial charge in [-0.25, -0.2) is 0 Å². The summed E-state index contributed by atoms with van der Waals surface area (Å²) in [6.45, 7) is 2.60. The van der Waals surface area contributed by atoms with E-state index in [9.17, 15) is 19.7 Å². The van der Waals surface area contributed by atoms with Gasteiger partial charge in [0.25, 0.3) is 5.69 Å². The van der Waals surface area contributed by atoms with Crippen LogP contribution < -0.4 is 5.32 Å². The molecule has 0 aromatic heterocycles. The molecule has 0 saturated carbocycles. The summed E-state index contributed by atoms with van der Waals surface area (Å²) >= 11 is 6.03. The van der Waals surface area contributed by atoms with Gasteiger partial charge in [-0.05, 0) is 29.7 Å². The number of halogens is 1. The van der Waals surface area contributed by atoms with Crippen LogP contribution in [0, 0.1) is 10.1 Å². The molecule has 0 aliphatic heterocycles. The van der Waals surface area contributed by atoms with E-state index in [2.05, 4.69) is 5.32 Å². The maximum Gasteiger partial charge on any atom is 0.273 e. The van der Waals surface area contributed by atoms with Crippen LogP contribution in [-0.4, -0.2) is 34.2 Å². The first kappa shape index (κ1) is 25.9. The summed E-state index contributed by atoms with van der Waals surface area (Å²) in [5.41, 5.74) is 1.88. The van der Waals surface area contributed by atoms with Crippen LogP contribution in [0.3, 0.4) is 0 Å². The maximum absolute atomic E-state index is 13.7. The monoisotopic (exact) mass is 493 g/mol. The number of benzene rings is 3. The Hall–Kier alpha value is -3.71. The predicted octanol–water partition coefficient (Wildman–Crippen LogP) is 4.96. The van der Waals surface area contributed by atoms with Gasteiger partial charge in [0.05, 0.1) is 11.3 Å². The quantitative estimate of drug-likeness (QED) is 0.302. The van der Waals surface area contributed by atoms with Gasteiger partial charge in [-0.15, -0.1) is 0 Å². The van der Waals surface area contributed by atoms with E-state index in [1.807, 2.05) is 37.3 Å². The zero-order valence-electron chi connectivity index (χ0n) is 19.5. The number of para-hydroxylation sites is 1. The van der Waals surface area contributed by atoms with Gasteiger partial charge < -0.3 is 10.2 Å². The topological polar surface area (TPSA) is 92.6 Å². The van der Waals surface area contributed by atoms with Crippen LogP contribution in [0.25, 0.3) is 0 Å². The number of nitrogens with zero attached hydrogens (tertiary/aromatic N) is 2. The van der Waals surface area contributed by atoms with Crippen molar-refractivity contribution in [1.29, 1.82) is 0 Å². The van der Waals surface area contributed by atoms with E-state index in [4.69, 9.17) is 11.6 Å². The fraction of sp³-hybridized carbons (Fsp3) is 0.259. The SMILES string of the molecule is CCCNC(=O)[C@@H](Cc1ccccc1)N(Cc1ccc(Cl)cc1)C(=O)Cc1ccccc1[N+](=O)[O-]. The lowest BCUT2D eigenvalue weighted by molar-refractivity contribution is -0.385. The number of hydrogen-bond donors (Lipinski definition) is 1. The van der Waals surface area contributed by atoms with Crippen LogP contribution in [-0.2, 0) is 29.0 Å². The molecule has 0 aliphatic carbocycles. The molecule has 0 unspecified atom stereocenters. The summed E-state index contributed by atoms with van der Waals surface area (Å²) in [5.74, 6) is -0.637. The fourth-order valence-corrected chi connectivity index (χ4v) is 3.94. The van der Waals surface area contributed by atoms with Crippen molar-refractivity contribution in [2.75, 3.05) is 6.54 Å². The number of nitrogens with one attached hydrogen (secondary N) is 1. The number of amides is 2. The summed E-state index contributed by atoms with van der Waals surface area (Å²) in [6, 6.07) is 21.9. The van der Waals surface area contributed by atoms with Crippen molar-refractivity contribution in [3.8, 4) is 0 Å². The minimum Gasteiger partial charge on any atom is -0.354 e. The lowest BCUT2D eigenvalue weighted by atomic mass is 10.0. The Balaban J connectivity index is 1.99. The van der Waals surface area contributed by atoms with Gasteiger partial charge >= 0.3 is 0 Å². The van der Waals surface area contributed by atoms with E-state index in [0.717, 1.165) is 17.5 Å².